The van der Waals surface area contributed by atoms with Gasteiger partial charge in [0.1, 0.15) is 0 Å². The average molecular weight is 206 g/mol. The monoisotopic (exact) mass is 206 g/mol. The van der Waals surface area contributed by atoms with Crippen molar-refractivity contribution in [3.63, 3.8) is 0 Å². The predicted octanol–water partition coefficient (Wildman–Crippen LogP) is 0.0183. The highest BCUT2D eigenvalue weighted by molar-refractivity contribution is 7.89. The first-order valence-corrected chi connectivity index (χ1v) is 6.17. The summed E-state index contributed by atoms with van der Waals surface area (Å²) in [6.45, 7) is 7.41. The lowest BCUT2D eigenvalue weighted by Gasteiger charge is -2.32. The Morgan fingerprint density at radius 1 is 1.46 bits per heavy atom. The van der Waals surface area contributed by atoms with Gasteiger partial charge in [-0.3, -0.25) is 0 Å². The molecule has 0 aliphatic carbocycles. The van der Waals surface area contributed by atoms with E-state index < -0.39 is 10.0 Å². The minimum absolute atomic E-state index is 0.266. The Bertz CT molecular complexity index is 261. The first-order valence-electron chi connectivity index (χ1n) is 4.67. The number of nitrogens with one attached hydrogen (secondary N) is 1. The van der Waals surface area contributed by atoms with Crippen LogP contribution in [-0.4, -0.2) is 43.6 Å². The van der Waals surface area contributed by atoms with Crippen LogP contribution < -0.4 is 5.32 Å². The number of sulfonamides is 1. The van der Waals surface area contributed by atoms with E-state index in [0.717, 1.165) is 6.54 Å². The highest BCUT2D eigenvalue weighted by Crippen LogP contribution is 2.10. The molecule has 1 heterocycles. The highest BCUT2D eigenvalue weighted by atomic mass is 32.2. The average Bonchev–Trinajstić information content (AvgIpc) is 2.04. The molecule has 0 saturated carbocycles. The molecule has 1 rings (SSSR count). The Hall–Kier alpha value is -0.130. The van der Waals surface area contributed by atoms with E-state index in [-0.39, 0.29) is 11.3 Å². The van der Waals surface area contributed by atoms with Crippen molar-refractivity contribution in [3.05, 3.63) is 0 Å². The molecule has 0 radical (unpaired) electrons. The van der Waals surface area contributed by atoms with Gasteiger partial charge in [0.2, 0.25) is 10.0 Å². The second kappa shape index (κ2) is 3.94. The topological polar surface area (TPSA) is 49.4 Å². The fraction of sp³-hybridized carbons (Fsp3) is 1.00. The first kappa shape index (κ1) is 10.9. The smallest absolute Gasteiger partial charge is 0.216 e. The summed E-state index contributed by atoms with van der Waals surface area (Å²) in [7, 11) is -3.04. The SMILES string of the molecule is CC(C)S(=O)(=O)N1CCN[C@H](C)C1. The Balaban J connectivity index is 2.71. The molecule has 13 heavy (non-hydrogen) atoms. The van der Waals surface area contributed by atoms with Crippen LogP contribution in [0.25, 0.3) is 0 Å². The van der Waals surface area contributed by atoms with Crippen molar-refractivity contribution in [1.82, 2.24) is 9.62 Å². The zero-order chi connectivity index (χ0) is 10.1. The van der Waals surface area contributed by atoms with Gasteiger partial charge in [0.15, 0.2) is 0 Å². The lowest BCUT2D eigenvalue weighted by atomic mass is 10.3. The van der Waals surface area contributed by atoms with E-state index in [2.05, 4.69) is 5.32 Å². The van der Waals surface area contributed by atoms with Crippen LogP contribution in [0.5, 0.6) is 0 Å². The van der Waals surface area contributed by atoms with Crippen molar-refractivity contribution < 1.29 is 8.42 Å². The van der Waals surface area contributed by atoms with Crippen molar-refractivity contribution in [2.45, 2.75) is 32.1 Å². The molecule has 1 fully saturated rings. The fourth-order valence-electron chi connectivity index (χ4n) is 1.43. The summed E-state index contributed by atoms with van der Waals surface area (Å²) in [6.07, 6.45) is 0. The molecule has 78 valence electrons. The molecule has 1 saturated heterocycles. The van der Waals surface area contributed by atoms with E-state index in [9.17, 15) is 8.42 Å². The third kappa shape index (κ3) is 2.42. The van der Waals surface area contributed by atoms with Crippen molar-refractivity contribution in [2.75, 3.05) is 19.6 Å². The Labute approximate surface area is 80.4 Å². The van der Waals surface area contributed by atoms with Gasteiger partial charge in [-0.2, -0.15) is 4.31 Å². The fourth-order valence-corrected chi connectivity index (χ4v) is 2.80. The van der Waals surface area contributed by atoms with E-state index >= 15 is 0 Å². The van der Waals surface area contributed by atoms with Crippen LogP contribution in [0.15, 0.2) is 0 Å². The van der Waals surface area contributed by atoms with Gasteiger partial charge in [0.25, 0.3) is 0 Å². The number of hydrogen-bond donors (Lipinski definition) is 1. The molecule has 0 bridgehead atoms. The molecule has 1 aliphatic heterocycles. The number of hydrogen-bond acceptors (Lipinski definition) is 3. The van der Waals surface area contributed by atoms with Crippen LogP contribution in [-0.2, 0) is 10.0 Å². The minimum atomic E-state index is -3.04. The van der Waals surface area contributed by atoms with Gasteiger partial charge in [-0.05, 0) is 20.8 Å². The van der Waals surface area contributed by atoms with Gasteiger partial charge >= 0.3 is 0 Å². The third-order valence-electron chi connectivity index (χ3n) is 2.29. The van der Waals surface area contributed by atoms with E-state index in [0.29, 0.717) is 13.1 Å². The summed E-state index contributed by atoms with van der Waals surface area (Å²) < 4.78 is 25.0. The van der Waals surface area contributed by atoms with Crippen molar-refractivity contribution in [3.8, 4) is 0 Å². The van der Waals surface area contributed by atoms with Crippen LogP contribution in [0.1, 0.15) is 20.8 Å². The van der Waals surface area contributed by atoms with E-state index in [1.165, 1.54) is 0 Å². The molecule has 5 heteroatoms. The van der Waals surface area contributed by atoms with Crippen LogP contribution in [0.3, 0.4) is 0 Å². The maximum atomic E-state index is 11.7. The summed E-state index contributed by atoms with van der Waals surface area (Å²) in [6, 6.07) is 0.266. The van der Waals surface area contributed by atoms with Crippen LogP contribution in [0.4, 0.5) is 0 Å². The van der Waals surface area contributed by atoms with Gasteiger partial charge in [-0.1, -0.05) is 0 Å². The molecule has 0 amide bonds. The van der Waals surface area contributed by atoms with Crippen molar-refractivity contribution in [1.29, 1.82) is 0 Å². The molecule has 1 aliphatic rings. The summed E-state index contributed by atoms with van der Waals surface area (Å²) in [4.78, 5) is 0. The number of rotatable bonds is 2. The van der Waals surface area contributed by atoms with Crippen LogP contribution in [0.2, 0.25) is 0 Å². The normalized spacial score (nSPS) is 26.6. The zero-order valence-electron chi connectivity index (χ0n) is 8.45. The molecule has 0 spiro atoms. The molecule has 0 aromatic rings. The third-order valence-corrected chi connectivity index (χ3v) is 4.53. The standard InChI is InChI=1S/C8H18N2O2S/c1-7(2)13(11,12)10-5-4-9-8(3)6-10/h7-9H,4-6H2,1-3H3/t8-/m1/s1. The summed E-state index contributed by atoms with van der Waals surface area (Å²) in [5.74, 6) is 0. The Morgan fingerprint density at radius 3 is 2.54 bits per heavy atom. The van der Waals surface area contributed by atoms with Gasteiger partial charge < -0.3 is 5.32 Å². The van der Waals surface area contributed by atoms with Crippen molar-refractivity contribution in [2.24, 2.45) is 0 Å². The zero-order valence-corrected chi connectivity index (χ0v) is 9.26. The first-order chi connectivity index (χ1) is 5.94. The highest BCUT2D eigenvalue weighted by Gasteiger charge is 2.28. The van der Waals surface area contributed by atoms with Gasteiger partial charge in [-0.25, -0.2) is 8.42 Å². The molecule has 4 nitrogen and oxygen atoms in total. The van der Waals surface area contributed by atoms with E-state index in [1.807, 2.05) is 6.92 Å². The summed E-state index contributed by atoms with van der Waals surface area (Å²) >= 11 is 0. The lowest BCUT2D eigenvalue weighted by Crippen LogP contribution is -2.52. The number of nitrogens with zero attached hydrogens (tertiary/aromatic N) is 1. The molecule has 1 atom stereocenters. The maximum Gasteiger partial charge on any atom is 0.216 e. The number of piperazine rings is 1. The van der Waals surface area contributed by atoms with Gasteiger partial charge in [-0.15, -0.1) is 0 Å². The molecular formula is C8H18N2O2S. The largest absolute Gasteiger partial charge is 0.312 e. The minimum Gasteiger partial charge on any atom is -0.312 e. The summed E-state index contributed by atoms with van der Waals surface area (Å²) in [5.41, 5.74) is 0. The van der Waals surface area contributed by atoms with Crippen molar-refractivity contribution >= 4 is 10.0 Å². The van der Waals surface area contributed by atoms with E-state index in [4.69, 9.17) is 0 Å². The van der Waals surface area contributed by atoms with Crippen LogP contribution >= 0.6 is 0 Å². The molecule has 0 unspecified atom stereocenters. The summed E-state index contributed by atoms with van der Waals surface area (Å²) in [5, 5.41) is 2.91. The quantitative estimate of drug-likeness (QED) is 0.693. The predicted molar refractivity (Wildman–Crippen MR) is 53.1 cm³/mol. The molecule has 0 aromatic heterocycles. The van der Waals surface area contributed by atoms with Crippen LogP contribution in [0, 0.1) is 0 Å². The Kier molecular flexibility index (Phi) is 3.32. The Morgan fingerprint density at radius 2 is 2.08 bits per heavy atom. The second-order valence-corrected chi connectivity index (χ2v) is 6.30. The lowest BCUT2D eigenvalue weighted by molar-refractivity contribution is 0.308. The maximum absolute atomic E-state index is 11.7. The van der Waals surface area contributed by atoms with Gasteiger partial charge in [0.05, 0.1) is 5.25 Å². The second-order valence-electron chi connectivity index (χ2n) is 3.81. The van der Waals surface area contributed by atoms with E-state index in [1.54, 1.807) is 18.2 Å². The molecule has 0 aromatic carbocycles. The molecule has 1 N–H and O–H groups in total. The van der Waals surface area contributed by atoms with Gasteiger partial charge in [0, 0.05) is 25.7 Å². The molecular weight excluding hydrogens is 188 g/mol.